The van der Waals surface area contributed by atoms with E-state index in [4.69, 9.17) is 11.6 Å². The van der Waals surface area contributed by atoms with Gasteiger partial charge in [-0.15, -0.1) is 0 Å². The number of benzene rings is 2. The van der Waals surface area contributed by atoms with Gasteiger partial charge in [-0.05, 0) is 55.8 Å². The van der Waals surface area contributed by atoms with Gasteiger partial charge in [0, 0.05) is 27.7 Å². The highest BCUT2D eigenvalue weighted by atomic mass is 35.5. The van der Waals surface area contributed by atoms with Gasteiger partial charge in [0.05, 0.1) is 5.56 Å². The zero-order chi connectivity index (χ0) is 15.9. The molecule has 1 aromatic heterocycles. The van der Waals surface area contributed by atoms with Crippen LogP contribution in [0.4, 0.5) is 0 Å². The Bertz CT molecular complexity index is 865. The van der Waals surface area contributed by atoms with Gasteiger partial charge in [-0.25, -0.2) is 4.79 Å². The van der Waals surface area contributed by atoms with E-state index >= 15 is 0 Å². The smallest absolute Gasteiger partial charge is 0.335 e. The van der Waals surface area contributed by atoms with E-state index in [0.29, 0.717) is 5.02 Å². The molecule has 112 valence electrons. The van der Waals surface area contributed by atoms with Crippen molar-refractivity contribution in [3.05, 3.63) is 59.1 Å². The van der Waals surface area contributed by atoms with Gasteiger partial charge in [0.25, 0.3) is 0 Å². The van der Waals surface area contributed by atoms with Crippen molar-refractivity contribution in [3.63, 3.8) is 0 Å². The Morgan fingerprint density at radius 3 is 2.59 bits per heavy atom. The van der Waals surface area contributed by atoms with Crippen LogP contribution >= 0.6 is 11.6 Å². The number of aromatic nitrogens is 1. The molecular formula is C18H16ClNO2. The molecule has 3 nitrogen and oxygen atoms in total. The number of fused-ring (bicyclic) bond motifs is 1. The average molecular weight is 314 g/mol. The molecule has 1 N–H and O–H groups in total. The minimum absolute atomic E-state index is 0.252. The number of rotatable bonds is 3. The highest BCUT2D eigenvalue weighted by Gasteiger charge is 2.14. The molecule has 0 saturated heterocycles. The van der Waals surface area contributed by atoms with Crippen LogP contribution in [-0.2, 0) is 0 Å². The predicted molar refractivity (Wildman–Crippen MR) is 89.7 cm³/mol. The molecule has 0 fully saturated rings. The van der Waals surface area contributed by atoms with Gasteiger partial charge in [0.15, 0.2) is 0 Å². The molecule has 0 aliphatic carbocycles. The summed E-state index contributed by atoms with van der Waals surface area (Å²) < 4.78 is 2.20. The number of carboxylic acids is 1. The Morgan fingerprint density at radius 2 is 1.91 bits per heavy atom. The summed E-state index contributed by atoms with van der Waals surface area (Å²) in [6.45, 7) is 4.22. The first kappa shape index (κ1) is 14.7. The molecule has 0 aliphatic heterocycles. The zero-order valence-electron chi connectivity index (χ0n) is 12.4. The van der Waals surface area contributed by atoms with Crippen LogP contribution in [0, 0.1) is 0 Å². The van der Waals surface area contributed by atoms with Crippen molar-refractivity contribution in [1.82, 2.24) is 4.57 Å². The molecule has 0 aliphatic rings. The number of carboxylic acid groups (broad SMARTS) is 1. The second kappa shape index (κ2) is 5.50. The summed E-state index contributed by atoms with van der Waals surface area (Å²) >= 11 is 6.09. The summed E-state index contributed by atoms with van der Waals surface area (Å²) in [5.74, 6) is -0.919. The van der Waals surface area contributed by atoms with Crippen molar-refractivity contribution in [2.75, 3.05) is 0 Å². The summed E-state index contributed by atoms with van der Waals surface area (Å²) in [7, 11) is 0. The lowest BCUT2D eigenvalue weighted by Crippen LogP contribution is -2.03. The molecule has 0 bridgehead atoms. The zero-order valence-corrected chi connectivity index (χ0v) is 13.1. The average Bonchev–Trinajstić information content (AvgIpc) is 2.85. The molecule has 1 heterocycles. The lowest BCUT2D eigenvalue weighted by atomic mass is 10.1. The second-order valence-corrected chi connectivity index (χ2v) is 6.02. The van der Waals surface area contributed by atoms with E-state index in [1.807, 2.05) is 24.3 Å². The molecule has 0 amide bonds. The lowest BCUT2D eigenvalue weighted by Gasteiger charge is -2.15. The highest BCUT2D eigenvalue weighted by Crippen LogP contribution is 2.33. The van der Waals surface area contributed by atoms with E-state index in [1.54, 1.807) is 18.2 Å². The maximum atomic E-state index is 11.2. The van der Waals surface area contributed by atoms with Crippen molar-refractivity contribution < 1.29 is 9.90 Å². The first-order chi connectivity index (χ1) is 10.5. The van der Waals surface area contributed by atoms with E-state index in [-0.39, 0.29) is 11.6 Å². The van der Waals surface area contributed by atoms with Gasteiger partial charge in [-0.3, -0.25) is 0 Å². The summed E-state index contributed by atoms with van der Waals surface area (Å²) in [6, 6.07) is 15.1. The SMILES string of the molecule is CC(C)n1c(-c2cccc(C(=O)O)c2)cc2cc(Cl)ccc21. The quantitative estimate of drug-likeness (QED) is 0.718. The number of halogens is 1. The Morgan fingerprint density at radius 1 is 1.14 bits per heavy atom. The Kier molecular flexibility index (Phi) is 3.67. The van der Waals surface area contributed by atoms with Crippen molar-refractivity contribution in [3.8, 4) is 11.3 Å². The van der Waals surface area contributed by atoms with Crippen molar-refractivity contribution >= 4 is 28.5 Å². The summed E-state index contributed by atoms with van der Waals surface area (Å²) in [6.07, 6.45) is 0. The molecule has 4 heteroatoms. The molecule has 0 atom stereocenters. The Labute approximate surface area is 133 Å². The molecule has 0 radical (unpaired) electrons. The van der Waals surface area contributed by atoms with E-state index in [9.17, 15) is 9.90 Å². The van der Waals surface area contributed by atoms with Gasteiger partial charge < -0.3 is 9.67 Å². The third-order valence-corrected chi connectivity index (χ3v) is 3.96. The molecule has 3 rings (SSSR count). The second-order valence-electron chi connectivity index (χ2n) is 5.58. The number of hydrogen-bond acceptors (Lipinski definition) is 1. The minimum atomic E-state index is -0.919. The first-order valence-corrected chi connectivity index (χ1v) is 7.49. The van der Waals surface area contributed by atoms with Gasteiger partial charge in [0.1, 0.15) is 0 Å². The van der Waals surface area contributed by atoms with Crippen LogP contribution in [0.15, 0.2) is 48.5 Å². The lowest BCUT2D eigenvalue weighted by molar-refractivity contribution is 0.0697. The molecule has 3 aromatic rings. The predicted octanol–water partition coefficient (Wildman–Crippen LogP) is 5.24. The van der Waals surface area contributed by atoms with E-state index in [0.717, 1.165) is 22.2 Å². The van der Waals surface area contributed by atoms with Crippen molar-refractivity contribution in [2.24, 2.45) is 0 Å². The third-order valence-electron chi connectivity index (χ3n) is 3.72. The minimum Gasteiger partial charge on any atom is -0.478 e. The fourth-order valence-electron chi connectivity index (χ4n) is 2.80. The number of carbonyl (C=O) groups is 1. The van der Waals surface area contributed by atoms with Gasteiger partial charge in [-0.1, -0.05) is 23.7 Å². The molecular weight excluding hydrogens is 298 g/mol. The van der Waals surface area contributed by atoms with Crippen LogP contribution in [0.5, 0.6) is 0 Å². The summed E-state index contributed by atoms with van der Waals surface area (Å²) in [5.41, 5.74) is 3.27. The Balaban J connectivity index is 2.28. The normalized spacial score (nSPS) is 11.3. The summed E-state index contributed by atoms with van der Waals surface area (Å²) in [5, 5.41) is 10.9. The van der Waals surface area contributed by atoms with E-state index in [2.05, 4.69) is 24.5 Å². The van der Waals surface area contributed by atoms with Gasteiger partial charge in [0.2, 0.25) is 0 Å². The van der Waals surface area contributed by atoms with Crippen LogP contribution < -0.4 is 0 Å². The standard InChI is InChI=1S/C18H16ClNO2/c1-11(2)20-16-7-6-15(19)9-14(16)10-17(20)12-4-3-5-13(8-12)18(21)22/h3-11H,1-2H3,(H,21,22). The van der Waals surface area contributed by atoms with Crippen molar-refractivity contribution in [1.29, 1.82) is 0 Å². The topological polar surface area (TPSA) is 42.2 Å². The molecule has 0 unspecified atom stereocenters. The fraction of sp³-hybridized carbons (Fsp3) is 0.167. The third kappa shape index (κ3) is 2.48. The Hall–Kier alpha value is -2.26. The highest BCUT2D eigenvalue weighted by molar-refractivity contribution is 6.31. The first-order valence-electron chi connectivity index (χ1n) is 7.11. The molecule has 2 aromatic carbocycles. The van der Waals surface area contributed by atoms with Crippen LogP contribution in [0.25, 0.3) is 22.2 Å². The maximum absolute atomic E-state index is 11.2. The monoisotopic (exact) mass is 313 g/mol. The fourth-order valence-corrected chi connectivity index (χ4v) is 2.98. The largest absolute Gasteiger partial charge is 0.478 e. The number of aromatic carboxylic acids is 1. The maximum Gasteiger partial charge on any atom is 0.335 e. The summed E-state index contributed by atoms with van der Waals surface area (Å²) in [4.78, 5) is 11.2. The van der Waals surface area contributed by atoms with Crippen molar-refractivity contribution in [2.45, 2.75) is 19.9 Å². The van der Waals surface area contributed by atoms with E-state index < -0.39 is 5.97 Å². The van der Waals surface area contributed by atoms with Crippen LogP contribution in [0.2, 0.25) is 5.02 Å². The molecule has 0 saturated carbocycles. The van der Waals surface area contributed by atoms with Gasteiger partial charge in [-0.2, -0.15) is 0 Å². The molecule has 0 spiro atoms. The van der Waals surface area contributed by atoms with Crippen LogP contribution in [0.1, 0.15) is 30.2 Å². The van der Waals surface area contributed by atoms with Crippen LogP contribution in [0.3, 0.4) is 0 Å². The van der Waals surface area contributed by atoms with Gasteiger partial charge >= 0.3 is 5.97 Å². The van der Waals surface area contributed by atoms with E-state index in [1.165, 1.54) is 0 Å². The number of nitrogens with zero attached hydrogens (tertiary/aromatic N) is 1. The van der Waals surface area contributed by atoms with Crippen LogP contribution in [-0.4, -0.2) is 15.6 Å². The number of hydrogen-bond donors (Lipinski definition) is 1. The molecule has 22 heavy (non-hydrogen) atoms.